The summed E-state index contributed by atoms with van der Waals surface area (Å²) in [5.74, 6) is 1.20. The van der Waals surface area contributed by atoms with Gasteiger partial charge in [0.1, 0.15) is 24.7 Å². The number of thiazole rings is 1. The monoisotopic (exact) mass is 416 g/mol. The Morgan fingerprint density at radius 3 is 2.86 bits per heavy atom. The van der Waals surface area contributed by atoms with E-state index in [9.17, 15) is 10.1 Å². The number of nitriles is 1. The molecule has 0 atom stereocenters. The second kappa shape index (κ2) is 8.90. The number of anilines is 2. The van der Waals surface area contributed by atoms with E-state index in [1.165, 1.54) is 28.7 Å². The third-order valence-corrected chi connectivity index (χ3v) is 6.67. The smallest absolute Gasteiger partial charge is 0.278 e. The quantitative estimate of drug-likeness (QED) is 0.752. The highest BCUT2D eigenvalue weighted by Gasteiger charge is 2.31. The van der Waals surface area contributed by atoms with Crippen LogP contribution in [0, 0.1) is 11.3 Å². The molecule has 3 heterocycles. The maximum atomic E-state index is 12.3. The molecule has 1 aliphatic heterocycles. The Balaban J connectivity index is 1.60. The average molecular weight is 417 g/mol. The molecule has 0 radical (unpaired) electrons. The summed E-state index contributed by atoms with van der Waals surface area (Å²) >= 11 is 2.77. The van der Waals surface area contributed by atoms with Crippen molar-refractivity contribution >= 4 is 40.0 Å². The lowest BCUT2D eigenvalue weighted by Gasteiger charge is -2.26. The molecule has 0 bridgehead atoms. The molecule has 1 saturated heterocycles. The number of aromatic nitrogens is 2. The van der Waals surface area contributed by atoms with Gasteiger partial charge in [0.25, 0.3) is 5.82 Å². The maximum absolute atomic E-state index is 12.3. The van der Waals surface area contributed by atoms with Gasteiger partial charge in [-0.05, 0) is 31.2 Å². The third kappa shape index (κ3) is 4.14. The van der Waals surface area contributed by atoms with E-state index in [4.69, 9.17) is 4.74 Å². The van der Waals surface area contributed by atoms with Crippen molar-refractivity contribution < 1.29 is 14.5 Å². The van der Waals surface area contributed by atoms with Crippen molar-refractivity contribution in [1.82, 2.24) is 4.98 Å². The number of morpholine rings is 1. The predicted octanol–water partition coefficient (Wildman–Crippen LogP) is 2.28. The molecule has 1 fully saturated rings. The Hall–Kier alpha value is -2.15. The minimum Gasteiger partial charge on any atom is -0.373 e. The Morgan fingerprint density at radius 1 is 1.36 bits per heavy atom. The number of hydrogen-bond acceptors (Lipinski definition) is 7. The summed E-state index contributed by atoms with van der Waals surface area (Å²) in [4.78, 5) is 22.2. The molecule has 2 aromatic rings. The molecule has 1 aliphatic carbocycles. The molecule has 0 unspecified atom stereocenters. The molecule has 0 saturated carbocycles. The number of nitrogens with one attached hydrogen (secondary N) is 2. The zero-order chi connectivity index (χ0) is 19.3. The van der Waals surface area contributed by atoms with Crippen LogP contribution in [-0.4, -0.2) is 42.9 Å². The van der Waals surface area contributed by atoms with Crippen LogP contribution in [-0.2, 0) is 22.4 Å². The highest BCUT2D eigenvalue weighted by Crippen LogP contribution is 2.34. The first-order chi connectivity index (χ1) is 13.8. The number of aromatic amines is 1. The zero-order valence-corrected chi connectivity index (χ0v) is 17.1. The Bertz CT molecular complexity index is 889. The fourth-order valence-corrected chi connectivity index (χ4v) is 5.06. The maximum Gasteiger partial charge on any atom is 0.278 e. The SMILES string of the molecule is N#Cc1c(SCC(=O)Nc2nccs2)[nH+]c(N2CCOCC2)c2c1CCCC2. The Morgan fingerprint density at radius 2 is 2.14 bits per heavy atom. The molecule has 0 aromatic carbocycles. The summed E-state index contributed by atoms with van der Waals surface area (Å²) in [6.45, 7) is 3.09. The second-order valence-electron chi connectivity index (χ2n) is 6.73. The second-order valence-corrected chi connectivity index (χ2v) is 8.61. The van der Waals surface area contributed by atoms with Gasteiger partial charge in [0.05, 0.1) is 19.0 Å². The number of hydrogen-bond donors (Lipinski definition) is 1. The number of ether oxygens (including phenoxy) is 1. The largest absolute Gasteiger partial charge is 0.373 e. The first-order valence-electron chi connectivity index (χ1n) is 9.42. The van der Waals surface area contributed by atoms with Crippen LogP contribution in [0.3, 0.4) is 0 Å². The number of thioether (sulfide) groups is 1. The van der Waals surface area contributed by atoms with Crippen molar-refractivity contribution in [3.8, 4) is 6.07 Å². The lowest BCUT2D eigenvalue weighted by atomic mass is 9.89. The minimum atomic E-state index is -0.122. The summed E-state index contributed by atoms with van der Waals surface area (Å²) < 4.78 is 5.50. The van der Waals surface area contributed by atoms with Gasteiger partial charge >= 0.3 is 0 Å². The van der Waals surface area contributed by atoms with Crippen LogP contribution in [0.5, 0.6) is 0 Å². The Labute approximate surface area is 172 Å². The van der Waals surface area contributed by atoms with Crippen LogP contribution in [0.15, 0.2) is 16.6 Å². The first-order valence-corrected chi connectivity index (χ1v) is 11.3. The molecular formula is C19H22N5O2S2+. The molecular weight excluding hydrogens is 394 g/mol. The van der Waals surface area contributed by atoms with Gasteiger partial charge in [-0.2, -0.15) is 5.26 Å². The first kappa shape index (κ1) is 19.2. The summed E-state index contributed by atoms with van der Waals surface area (Å²) in [6.07, 6.45) is 5.81. The highest BCUT2D eigenvalue weighted by molar-refractivity contribution is 7.99. The summed E-state index contributed by atoms with van der Waals surface area (Å²) in [5.41, 5.74) is 3.11. The number of H-pyrrole nitrogens is 1. The molecule has 146 valence electrons. The van der Waals surface area contributed by atoms with E-state index in [1.54, 1.807) is 6.20 Å². The molecule has 9 heteroatoms. The van der Waals surface area contributed by atoms with Crippen molar-refractivity contribution in [3.63, 3.8) is 0 Å². The lowest BCUT2D eigenvalue weighted by molar-refractivity contribution is -0.414. The van der Waals surface area contributed by atoms with Crippen LogP contribution in [0.1, 0.15) is 29.5 Å². The zero-order valence-electron chi connectivity index (χ0n) is 15.5. The number of rotatable bonds is 5. The van der Waals surface area contributed by atoms with Crippen LogP contribution < -0.4 is 15.2 Å². The lowest BCUT2D eigenvalue weighted by Crippen LogP contribution is -2.41. The molecule has 2 N–H and O–H groups in total. The van der Waals surface area contributed by atoms with Gasteiger partial charge in [0.2, 0.25) is 5.91 Å². The molecule has 7 nitrogen and oxygen atoms in total. The van der Waals surface area contributed by atoms with Gasteiger partial charge in [-0.25, -0.2) is 9.97 Å². The molecule has 28 heavy (non-hydrogen) atoms. The fraction of sp³-hybridized carbons (Fsp3) is 0.474. The molecule has 0 spiro atoms. The van der Waals surface area contributed by atoms with E-state index in [-0.39, 0.29) is 11.7 Å². The Kier molecular flexibility index (Phi) is 6.10. The molecule has 1 amide bonds. The number of amides is 1. The van der Waals surface area contributed by atoms with E-state index >= 15 is 0 Å². The summed E-state index contributed by atoms with van der Waals surface area (Å²) in [7, 11) is 0. The number of carbonyl (C=O) groups excluding carboxylic acids is 1. The minimum absolute atomic E-state index is 0.122. The van der Waals surface area contributed by atoms with Gasteiger partial charge in [-0.1, -0.05) is 11.8 Å². The average Bonchev–Trinajstić information content (AvgIpc) is 3.25. The van der Waals surface area contributed by atoms with Crippen LogP contribution >= 0.6 is 23.1 Å². The topological polar surface area (TPSA) is 92.4 Å². The van der Waals surface area contributed by atoms with E-state index in [0.717, 1.165) is 55.2 Å². The van der Waals surface area contributed by atoms with Gasteiger partial charge in [0, 0.05) is 17.1 Å². The van der Waals surface area contributed by atoms with E-state index in [2.05, 4.69) is 26.3 Å². The number of nitrogens with zero attached hydrogens (tertiary/aromatic N) is 3. The van der Waals surface area contributed by atoms with Crippen molar-refractivity contribution in [3.05, 3.63) is 28.3 Å². The van der Waals surface area contributed by atoms with Crippen molar-refractivity contribution in [2.75, 3.05) is 42.3 Å². The van der Waals surface area contributed by atoms with E-state index in [0.29, 0.717) is 23.9 Å². The summed E-state index contributed by atoms with van der Waals surface area (Å²) in [5, 5.41) is 15.8. The van der Waals surface area contributed by atoms with E-state index in [1.807, 2.05) is 5.38 Å². The number of fused-ring (bicyclic) bond motifs is 1. The van der Waals surface area contributed by atoms with Crippen LogP contribution in [0.2, 0.25) is 0 Å². The van der Waals surface area contributed by atoms with E-state index < -0.39 is 0 Å². The standard InChI is InChI=1S/C19H21N5O2S2/c20-11-15-13-3-1-2-4-14(13)17(24-6-8-26-9-7-24)23-18(15)28-12-16(25)22-19-21-5-10-27-19/h5,10H,1-4,6-9,12H2,(H,21,22,25)/p+1. The number of carbonyl (C=O) groups is 1. The molecule has 4 rings (SSSR count). The van der Waals surface area contributed by atoms with Crippen molar-refractivity contribution in [1.29, 1.82) is 5.26 Å². The van der Waals surface area contributed by atoms with Gasteiger partial charge in [0.15, 0.2) is 10.2 Å². The molecule has 2 aliphatic rings. The molecule has 2 aromatic heterocycles. The van der Waals surface area contributed by atoms with Gasteiger partial charge < -0.3 is 10.1 Å². The van der Waals surface area contributed by atoms with Gasteiger partial charge in [-0.3, -0.25) is 9.69 Å². The predicted molar refractivity (Wildman–Crippen MR) is 109 cm³/mol. The highest BCUT2D eigenvalue weighted by atomic mass is 32.2. The summed E-state index contributed by atoms with van der Waals surface area (Å²) in [6, 6.07) is 2.39. The van der Waals surface area contributed by atoms with Gasteiger partial charge in [-0.15, -0.1) is 11.3 Å². The van der Waals surface area contributed by atoms with Crippen molar-refractivity contribution in [2.24, 2.45) is 0 Å². The third-order valence-electron chi connectivity index (χ3n) is 4.98. The van der Waals surface area contributed by atoms with Crippen molar-refractivity contribution in [2.45, 2.75) is 30.7 Å². The van der Waals surface area contributed by atoms with Crippen LogP contribution in [0.25, 0.3) is 0 Å². The number of pyridine rings is 1. The normalized spacial score (nSPS) is 16.3. The fourth-order valence-electron chi connectivity index (χ4n) is 3.69. The van der Waals surface area contributed by atoms with Crippen LogP contribution in [0.4, 0.5) is 10.9 Å².